The van der Waals surface area contributed by atoms with Crippen molar-refractivity contribution in [2.24, 2.45) is 5.92 Å². The van der Waals surface area contributed by atoms with E-state index >= 15 is 0 Å². The zero-order chi connectivity index (χ0) is 16.0. The van der Waals surface area contributed by atoms with Crippen molar-refractivity contribution in [3.05, 3.63) is 45.5 Å². The summed E-state index contributed by atoms with van der Waals surface area (Å²) in [4.78, 5) is 33.5. The molecular formula is C14H12N2O6. The van der Waals surface area contributed by atoms with Crippen molar-refractivity contribution in [3.63, 3.8) is 0 Å². The first-order valence-corrected chi connectivity index (χ1v) is 6.62. The van der Waals surface area contributed by atoms with Crippen LogP contribution in [-0.4, -0.2) is 33.1 Å². The first-order valence-electron chi connectivity index (χ1n) is 6.62. The fourth-order valence-electron chi connectivity index (χ4n) is 3.27. The minimum absolute atomic E-state index is 0.0295. The standard InChI is InChI=1S/C14H12N2O6/c17-13(18)8-4-5-9(16(21)22)10-6-2-1-3-7(6)12(14(19)20)15-11(8)10/h1-2,4-7,12,15H,3H2,(H,17,18)(H,19,20)/t6-,7+,12-/m0/s1. The number of carboxylic acid groups (broad SMARTS) is 2. The lowest BCUT2D eigenvalue weighted by molar-refractivity contribution is -0.385. The number of fused-ring (bicyclic) bond motifs is 3. The van der Waals surface area contributed by atoms with Gasteiger partial charge in [-0.05, 0) is 12.5 Å². The number of carbonyl (C=O) groups is 2. The van der Waals surface area contributed by atoms with Crippen LogP contribution in [0.3, 0.4) is 0 Å². The molecule has 0 saturated carbocycles. The summed E-state index contributed by atoms with van der Waals surface area (Å²) in [5, 5.41) is 32.5. The Hall–Kier alpha value is -2.90. The Balaban J connectivity index is 2.27. The summed E-state index contributed by atoms with van der Waals surface area (Å²) in [6.07, 6.45) is 3.97. The van der Waals surface area contributed by atoms with Gasteiger partial charge in [-0.25, -0.2) is 9.59 Å². The number of carboxylic acids is 2. The second-order valence-corrected chi connectivity index (χ2v) is 5.30. The van der Waals surface area contributed by atoms with Crippen LogP contribution < -0.4 is 5.32 Å². The molecule has 1 heterocycles. The zero-order valence-electron chi connectivity index (χ0n) is 11.2. The minimum atomic E-state index is -1.26. The van der Waals surface area contributed by atoms with E-state index in [-0.39, 0.29) is 28.4 Å². The zero-order valence-corrected chi connectivity index (χ0v) is 11.2. The molecule has 0 radical (unpaired) electrons. The van der Waals surface area contributed by atoms with Crippen LogP contribution in [0.4, 0.5) is 11.4 Å². The predicted molar refractivity (Wildman–Crippen MR) is 75.1 cm³/mol. The lowest BCUT2D eigenvalue weighted by atomic mass is 9.77. The first-order chi connectivity index (χ1) is 10.4. The molecule has 8 nitrogen and oxygen atoms in total. The molecule has 0 bridgehead atoms. The van der Waals surface area contributed by atoms with Gasteiger partial charge in [0.1, 0.15) is 6.04 Å². The van der Waals surface area contributed by atoms with Crippen LogP contribution in [0.2, 0.25) is 0 Å². The molecule has 1 aliphatic heterocycles. The van der Waals surface area contributed by atoms with Gasteiger partial charge in [0.15, 0.2) is 0 Å². The van der Waals surface area contributed by atoms with Gasteiger partial charge in [0.05, 0.1) is 21.7 Å². The van der Waals surface area contributed by atoms with Crippen LogP contribution >= 0.6 is 0 Å². The van der Waals surface area contributed by atoms with Gasteiger partial charge in [-0.3, -0.25) is 10.1 Å². The Labute approximate surface area is 124 Å². The van der Waals surface area contributed by atoms with Crippen LogP contribution in [0.25, 0.3) is 0 Å². The van der Waals surface area contributed by atoms with E-state index < -0.39 is 28.8 Å². The van der Waals surface area contributed by atoms with Crippen molar-refractivity contribution in [1.29, 1.82) is 0 Å². The maximum absolute atomic E-state index is 11.4. The lowest BCUT2D eigenvalue weighted by Crippen LogP contribution is -2.42. The smallest absolute Gasteiger partial charge is 0.337 e. The van der Waals surface area contributed by atoms with E-state index in [1.54, 1.807) is 12.2 Å². The summed E-state index contributed by atoms with van der Waals surface area (Å²) in [6.45, 7) is 0. The fraction of sp³-hybridized carbons (Fsp3) is 0.286. The Morgan fingerprint density at radius 2 is 2.05 bits per heavy atom. The number of hydrogen-bond acceptors (Lipinski definition) is 5. The molecule has 2 aliphatic rings. The normalized spacial score (nSPS) is 25.0. The average molecular weight is 304 g/mol. The second kappa shape index (κ2) is 4.83. The Morgan fingerprint density at radius 3 is 2.64 bits per heavy atom. The highest BCUT2D eigenvalue weighted by atomic mass is 16.6. The average Bonchev–Trinajstić information content (AvgIpc) is 2.93. The molecule has 0 saturated heterocycles. The number of aliphatic carboxylic acids is 1. The number of hydrogen-bond donors (Lipinski definition) is 3. The number of nitro benzene ring substituents is 1. The maximum Gasteiger partial charge on any atom is 0.337 e. The third kappa shape index (κ3) is 1.92. The van der Waals surface area contributed by atoms with Crippen molar-refractivity contribution in [3.8, 4) is 0 Å². The van der Waals surface area contributed by atoms with Crippen LogP contribution in [0, 0.1) is 16.0 Å². The quantitative estimate of drug-likeness (QED) is 0.441. The van der Waals surface area contributed by atoms with Crippen molar-refractivity contribution >= 4 is 23.3 Å². The number of nitrogens with one attached hydrogen (secondary N) is 1. The Morgan fingerprint density at radius 1 is 1.32 bits per heavy atom. The molecule has 8 heteroatoms. The van der Waals surface area contributed by atoms with E-state index in [9.17, 15) is 29.9 Å². The van der Waals surface area contributed by atoms with E-state index in [0.717, 1.165) is 12.1 Å². The number of nitrogens with zero attached hydrogens (tertiary/aromatic N) is 1. The summed E-state index contributed by atoms with van der Waals surface area (Å²) < 4.78 is 0. The molecule has 3 atom stereocenters. The lowest BCUT2D eigenvalue weighted by Gasteiger charge is -2.34. The molecule has 3 N–H and O–H groups in total. The molecule has 1 aliphatic carbocycles. The summed E-state index contributed by atoms with van der Waals surface area (Å²) in [7, 11) is 0. The SMILES string of the molecule is O=C(O)c1ccc([N+](=O)[O-])c2c1N[C@H](C(=O)O)[C@@H]1CC=C[C@H]21. The molecule has 0 unspecified atom stereocenters. The van der Waals surface area contributed by atoms with Gasteiger partial charge in [-0.1, -0.05) is 12.2 Å². The predicted octanol–water partition coefficient (Wildman–Crippen LogP) is 1.83. The van der Waals surface area contributed by atoms with Crippen LogP contribution in [0.5, 0.6) is 0 Å². The van der Waals surface area contributed by atoms with Crippen molar-refractivity contribution in [1.82, 2.24) is 0 Å². The van der Waals surface area contributed by atoms with E-state index in [0.29, 0.717) is 6.42 Å². The number of rotatable bonds is 3. The molecule has 0 amide bonds. The second-order valence-electron chi connectivity index (χ2n) is 5.30. The maximum atomic E-state index is 11.4. The summed E-state index contributed by atoms with van der Waals surface area (Å²) in [5.74, 6) is -3.21. The highest BCUT2D eigenvalue weighted by Gasteiger charge is 2.45. The molecule has 0 aromatic heterocycles. The largest absolute Gasteiger partial charge is 0.480 e. The van der Waals surface area contributed by atoms with Crippen molar-refractivity contribution < 1.29 is 24.7 Å². The van der Waals surface area contributed by atoms with Crippen molar-refractivity contribution in [2.75, 3.05) is 5.32 Å². The van der Waals surface area contributed by atoms with Gasteiger partial charge in [0.2, 0.25) is 0 Å². The molecule has 0 fully saturated rings. The monoisotopic (exact) mass is 304 g/mol. The number of aromatic carboxylic acids is 1. The molecule has 0 spiro atoms. The number of allylic oxidation sites excluding steroid dienone is 2. The van der Waals surface area contributed by atoms with E-state index in [4.69, 9.17) is 0 Å². The van der Waals surface area contributed by atoms with E-state index in [1.165, 1.54) is 0 Å². The van der Waals surface area contributed by atoms with Gasteiger partial charge in [-0.2, -0.15) is 0 Å². The van der Waals surface area contributed by atoms with E-state index in [1.807, 2.05) is 0 Å². The first kappa shape index (κ1) is 14.1. The number of nitro groups is 1. The van der Waals surface area contributed by atoms with Crippen LogP contribution in [0.1, 0.15) is 28.3 Å². The van der Waals surface area contributed by atoms with Gasteiger partial charge >= 0.3 is 11.9 Å². The van der Waals surface area contributed by atoms with Crippen LogP contribution in [-0.2, 0) is 4.79 Å². The van der Waals surface area contributed by atoms with Gasteiger partial charge in [-0.15, -0.1) is 0 Å². The highest BCUT2D eigenvalue weighted by molar-refractivity contribution is 5.98. The summed E-state index contributed by atoms with van der Waals surface area (Å²) in [5.41, 5.74) is -0.0773. The van der Waals surface area contributed by atoms with E-state index in [2.05, 4.69) is 5.32 Å². The Bertz CT molecular complexity index is 726. The topological polar surface area (TPSA) is 130 Å². The number of benzene rings is 1. The van der Waals surface area contributed by atoms with Gasteiger partial charge in [0, 0.05) is 17.9 Å². The third-order valence-electron chi connectivity index (χ3n) is 4.19. The third-order valence-corrected chi connectivity index (χ3v) is 4.19. The molecule has 114 valence electrons. The van der Waals surface area contributed by atoms with Gasteiger partial charge in [0.25, 0.3) is 5.69 Å². The fourth-order valence-corrected chi connectivity index (χ4v) is 3.27. The Kier molecular flexibility index (Phi) is 3.09. The molecule has 1 aromatic rings. The molecule has 22 heavy (non-hydrogen) atoms. The summed E-state index contributed by atoms with van der Waals surface area (Å²) in [6, 6.07) is 1.31. The summed E-state index contributed by atoms with van der Waals surface area (Å²) >= 11 is 0. The highest BCUT2D eigenvalue weighted by Crippen LogP contribution is 2.49. The number of anilines is 1. The van der Waals surface area contributed by atoms with Crippen LogP contribution in [0.15, 0.2) is 24.3 Å². The molecule has 1 aromatic carbocycles. The van der Waals surface area contributed by atoms with Crippen molar-refractivity contribution in [2.45, 2.75) is 18.4 Å². The minimum Gasteiger partial charge on any atom is -0.480 e. The molecular weight excluding hydrogens is 292 g/mol. The van der Waals surface area contributed by atoms with Gasteiger partial charge < -0.3 is 15.5 Å². The molecule has 3 rings (SSSR count).